The summed E-state index contributed by atoms with van der Waals surface area (Å²) in [5.74, 6) is 0.0784. The summed E-state index contributed by atoms with van der Waals surface area (Å²) in [5, 5.41) is 3.14. The first-order valence-electron chi connectivity index (χ1n) is 6.14. The first kappa shape index (κ1) is 16.4. The summed E-state index contributed by atoms with van der Waals surface area (Å²) in [5.41, 5.74) is -0.799. The zero-order chi connectivity index (χ0) is 14.6. The van der Waals surface area contributed by atoms with Gasteiger partial charge in [-0.2, -0.15) is 13.2 Å². The van der Waals surface area contributed by atoms with Crippen LogP contribution in [0.4, 0.5) is 13.2 Å². The second kappa shape index (κ2) is 6.67. The van der Waals surface area contributed by atoms with E-state index in [4.69, 9.17) is 4.74 Å². The molecule has 0 fully saturated rings. The average Bonchev–Trinajstić information content (AvgIpc) is 2.69. The minimum Gasteiger partial charge on any atom is -0.371 e. The lowest BCUT2D eigenvalue weighted by Crippen LogP contribution is -2.14. The standard InChI is InChI=1S/C12H19F3N2OS/c1-5-18-9(7(2)3)11-17-10(12(13,14)15)8(19-11)6-16-4/h7,9,16H,5-6H2,1-4H3. The van der Waals surface area contributed by atoms with Gasteiger partial charge in [0.1, 0.15) is 11.1 Å². The van der Waals surface area contributed by atoms with Crippen LogP contribution in [0.15, 0.2) is 0 Å². The van der Waals surface area contributed by atoms with Crippen molar-refractivity contribution in [2.45, 2.75) is 39.6 Å². The molecule has 0 bridgehead atoms. The topological polar surface area (TPSA) is 34.1 Å². The maximum absolute atomic E-state index is 12.9. The number of aromatic nitrogens is 1. The molecule has 1 aromatic rings. The molecule has 3 nitrogen and oxygen atoms in total. The average molecular weight is 296 g/mol. The Labute approximate surface area is 115 Å². The Hall–Kier alpha value is -0.660. The highest BCUT2D eigenvalue weighted by Crippen LogP contribution is 2.38. The number of halogens is 3. The molecule has 1 N–H and O–H groups in total. The van der Waals surface area contributed by atoms with Gasteiger partial charge in [-0.05, 0) is 19.9 Å². The zero-order valence-electron chi connectivity index (χ0n) is 11.5. The number of thiazole rings is 1. The molecule has 1 unspecified atom stereocenters. The van der Waals surface area contributed by atoms with E-state index in [-0.39, 0.29) is 23.4 Å². The fourth-order valence-corrected chi connectivity index (χ4v) is 3.04. The molecule has 0 saturated carbocycles. The molecule has 110 valence electrons. The summed E-state index contributed by atoms with van der Waals surface area (Å²) in [6, 6.07) is 0. The Bertz CT molecular complexity index is 404. The van der Waals surface area contributed by atoms with Crippen molar-refractivity contribution in [2.24, 2.45) is 5.92 Å². The fraction of sp³-hybridized carbons (Fsp3) is 0.750. The SMILES string of the molecule is CCOC(c1nc(C(F)(F)F)c(CNC)s1)C(C)C. The Morgan fingerprint density at radius 2 is 2.00 bits per heavy atom. The van der Waals surface area contributed by atoms with Crippen LogP contribution in [-0.2, 0) is 17.5 Å². The highest BCUT2D eigenvalue weighted by Gasteiger charge is 2.38. The lowest BCUT2D eigenvalue weighted by atomic mass is 10.1. The number of nitrogens with zero attached hydrogens (tertiary/aromatic N) is 1. The molecule has 1 heterocycles. The molecular weight excluding hydrogens is 277 g/mol. The van der Waals surface area contributed by atoms with E-state index in [1.54, 1.807) is 7.05 Å². The van der Waals surface area contributed by atoms with Crippen LogP contribution in [0, 0.1) is 5.92 Å². The van der Waals surface area contributed by atoms with Crippen molar-refractivity contribution in [2.75, 3.05) is 13.7 Å². The smallest absolute Gasteiger partial charge is 0.371 e. The van der Waals surface area contributed by atoms with Crippen molar-refractivity contribution in [1.82, 2.24) is 10.3 Å². The Kier molecular flexibility index (Phi) is 5.76. The molecule has 0 radical (unpaired) electrons. The van der Waals surface area contributed by atoms with Crippen LogP contribution in [-0.4, -0.2) is 18.6 Å². The number of ether oxygens (including phenoxy) is 1. The van der Waals surface area contributed by atoms with E-state index in [0.29, 0.717) is 11.6 Å². The van der Waals surface area contributed by atoms with Gasteiger partial charge in [0.05, 0.1) is 4.88 Å². The molecule has 1 atom stereocenters. The predicted molar refractivity (Wildman–Crippen MR) is 69.1 cm³/mol. The lowest BCUT2D eigenvalue weighted by molar-refractivity contribution is -0.141. The van der Waals surface area contributed by atoms with Gasteiger partial charge in [0.15, 0.2) is 5.69 Å². The second-order valence-electron chi connectivity index (χ2n) is 4.47. The maximum atomic E-state index is 12.9. The van der Waals surface area contributed by atoms with E-state index in [0.717, 1.165) is 11.3 Å². The first-order chi connectivity index (χ1) is 8.81. The molecule has 0 aliphatic carbocycles. The van der Waals surface area contributed by atoms with Gasteiger partial charge in [0.2, 0.25) is 0 Å². The molecule has 7 heteroatoms. The molecule has 0 aromatic carbocycles. The summed E-state index contributed by atoms with van der Waals surface area (Å²) in [6.45, 7) is 6.25. The van der Waals surface area contributed by atoms with E-state index in [2.05, 4.69) is 10.3 Å². The fourth-order valence-electron chi connectivity index (χ4n) is 1.72. The van der Waals surface area contributed by atoms with Gasteiger partial charge in [0.25, 0.3) is 0 Å². The third kappa shape index (κ3) is 4.15. The van der Waals surface area contributed by atoms with Crippen LogP contribution in [0.2, 0.25) is 0 Å². The van der Waals surface area contributed by atoms with Crippen molar-refractivity contribution >= 4 is 11.3 Å². The van der Waals surface area contributed by atoms with Crippen molar-refractivity contribution in [1.29, 1.82) is 0 Å². The third-order valence-corrected chi connectivity index (χ3v) is 3.63. The van der Waals surface area contributed by atoms with Crippen molar-refractivity contribution in [3.8, 4) is 0 Å². The van der Waals surface area contributed by atoms with E-state index in [1.165, 1.54) is 0 Å². The minimum atomic E-state index is -4.42. The molecule has 0 aliphatic heterocycles. The van der Waals surface area contributed by atoms with Gasteiger partial charge in [0, 0.05) is 13.2 Å². The monoisotopic (exact) mass is 296 g/mol. The van der Waals surface area contributed by atoms with Crippen molar-refractivity contribution in [3.05, 3.63) is 15.6 Å². The summed E-state index contributed by atoms with van der Waals surface area (Å²) >= 11 is 1.07. The first-order valence-corrected chi connectivity index (χ1v) is 6.95. The second-order valence-corrected chi connectivity index (χ2v) is 5.59. The van der Waals surface area contributed by atoms with Gasteiger partial charge in [-0.15, -0.1) is 11.3 Å². The van der Waals surface area contributed by atoms with Crippen LogP contribution < -0.4 is 5.32 Å². The van der Waals surface area contributed by atoms with Crippen molar-refractivity contribution < 1.29 is 17.9 Å². The van der Waals surface area contributed by atoms with Gasteiger partial charge in [-0.3, -0.25) is 0 Å². The maximum Gasteiger partial charge on any atom is 0.434 e. The number of rotatable bonds is 6. The molecule has 19 heavy (non-hydrogen) atoms. The molecular formula is C12H19F3N2OS. The van der Waals surface area contributed by atoms with Gasteiger partial charge >= 0.3 is 6.18 Å². The van der Waals surface area contributed by atoms with Gasteiger partial charge in [-0.1, -0.05) is 13.8 Å². The summed E-state index contributed by atoms with van der Waals surface area (Å²) in [4.78, 5) is 3.97. The van der Waals surface area contributed by atoms with Crippen LogP contribution >= 0.6 is 11.3 Å². The van der Waals surface area contributed by atoms with E-state index in [9.17, 15) is 13.2 Å². The number of hydrogen-bond acceptors (Lipinski definition) is 4. The van der Waals surface area contributed by atoms with Crippen LogP contribution in [0.3, 0.4) is 0 Å². The van der Waals surface area contributed by atoms with Crippen LogP contribution in [0.5, 0.6) is 0 Å². The lowest BCUT2D eigenvalue weighted by Gasteiger charge is -2.18. The zero-order valence-corrected chi connectivity index (χ0v) is 12.3. The van der Waals surface area contributed by atoms with E-state index >= 15 is 0 Å². The largest absolute Gasteiger partial charge is 0.434 e. The van der Waals surface area contributed by atoms with Crippen LogP contribution in [0.25, 0.3) is 0 Å². The van der Waals surface area contributed by atoms with E-state index < -0.39 is 11.9 Å². The van der Waals surface area contributed by atoms with Crippen LogP contribution in [0.1, 0.15) is 42.5 Å². The van der Waals surface area contributed by atoms with Crippen molar-refractivity contribution in [3.63, 3.8) is 0 Å². The number of hydrogen-bond donors (Lipinski definition) is 1. The summed E-state index contributed by atoms with van der Waals surface area (Å²) in [6.07, 6.45) is -4.81. The van der Waals surface area contributed by atoms with Gasteiger partial charge in [-0.25, -0.2) is 4.98 Å². The van der Waals surface area contributed by atoms with Gasteiger partial charge < -0.3 is 10.1 Å². The number of alkyl halides is 3. The van der Waals surface area contributed by atoms with E-state index in [1.807, 2.05) is 20.8 Å². The third-order valence-electron chi connectivity index (χ3n) is 2.51. The molecule has 0 saturated heterocycles. The summed E-state index contributed by atoms with van der Waals surface area (Å²) < 4.78 is 44.2. The minimum absolute atomic E-state index is 0.0784. The molecule has 1 aromatic heterocycles. The Morgan fingerprint density at radius 3 is 2.42 bits per heavy atom. The highest BCUT2D eigenvalue weighted by molar-refractivity contribution is 7.11. The molecule has 0 amide bonds. The quantitative estimate of drug-likeness (QED) is 0.870. The predicted octanol–water partition coefficient (Wildman–Crippen LogP) is 3.61. The summed E-state index contributed by atoms with van der Waals surface area (Å²) in [7, 11) is 1.61. The molecule has 0 aliphatic rings. The number of nitrogens with one attached hydrogen (secondary N) is 1. The Morgan fingerprint density at radius 1 is 1.37 bits per heavy atom. The molecule has 0 spiro atoms. The highest BCUT2D eigenvalue weighted by atomic mass is 32.1. The Balaban J connectivity index is 3.15. The normalized spacial score (nSPS) is 14.1. The molecule has 1 rings (SSSR count).